The molecule has 0 bridgehead atoms. The van der Waals surface area contributed by atoms with Gasteiger partial charge in [-0.3, -0.25) is 4.79 Å². The molecule has 0 spiro atoms. The van der Waals surface area contributed by atoms with Crippen molar-refractivity contribution >= 4 is 5.91 Å². The molecule has 21 heavy (non-hydrogen) atoms. The molecule has 4 heteroatoms. The Labute approximate surface area is 125 Å². The SMILES string of the molecule is C[C@@H]1[C@@H](N2CCCC2=O)c2cc(C#N)ccc2OC1(C)C. The van der Waals surface area contributed by atoms with E-state index in [-0.39, 0.29) is 23.5 Å². The monoisotopic (exact) mass is 284 g/mol. The zero-order valence-electron chi connectivity index (χ0n) is 12.7. The Morgan fingerprint density at radius 1 is 1.43 bits per heavy atom. The molecule has 0 aliphatic carbocycles. The van der Waals surface area contributed by atoms with Crippen LogP contribution in [-0.4, -0.2) is 23.0 Å². The van der Waals surface area contributed by atoms with Crippen LogP contribution in [0.25, 0.3) is 0 Å². The molecule has 1 saturated heterocycles. The first-order valence-corrected chi connectivity index (χ1v) is 7.46. The Bertz CT molecular complexity index is 630. The lowest BCUT2D eigenvalue weighted by atomic mass is 9.78. The van der Waals surface area contributed by atoms with E-state index in [0.717, 1.165) is 24.3 Å². The van der Waals surface area contributed by atoms with Gasteiger partial charge in [-0.05, 0) is 38.5 Å². The Balaban J connectivity index is 2.12. The van der Waals surface area contributed by atoms with Gasteiger partial charge in [0.05, 0.1) is 17.7 Å². The molecule has 0 saturated carbocycles. The topological polar surface area (TPSA) is 53.3 Å². The van der Waals surface area contributed by atoms with Crippen LogP contribution in [0.2, 0.25) is 0 Å². The molecule has 1 fully saturated rings. The van der Waals surface area contributed by atoms with Gasteiger partial charge < -0.3 is 9.64 Å². The fourth-order valence-electron chi connectivity index (χ4n) is 3.37. The molecule has 2 atom stereocenters. The van der Waals surface area contributed by atoms with Crippen LogP contribution in [0.5, 0.6) is 5.75 Å². The molecule has 4 nitrogen and oxygen atoms in total. The molecule has 0 N–H and O–H groups in total. The van der Waals surface area contributed by atoms with Gasteiger partial charge in [0.1, 0.15) is 11.4 Å². The molecule has 1 aromatic carbocycles. The number of likely N-dealkylation sites (tertiary alicyclic amines) is 1. The van der Waals surface area contributed by atoms with Crippen LogP contribution in [0.3, 0.4) is 0 Å². The first-order valence-electron chi connectivity index (χ1n) is 7.46. The number of carbonyl (C=O) groups is 1. The van der Waals surface area contributed by atoms with Crippen molar-refractivity contribution in [2.45, 2.75) is 45.3 Å². The molecular formula is C17H20N2O2. The van der Waals surface area contributed by atoms with Gasteiger partial charge in [-0.15, -0.1) is 0 Å². The van der Waals surface area contributed by atoms with E-state index in [9.17, 15) is 4.79 Å². The molecule has 2 heterocycles. The lowest BCUT2D eigenvalue weighted by Gasteiger charge is -2.46. The van der Waals surface area contributed by atoms with E-state index in [4.69, 9.17) is 10.00 Å². The molecule has 1 aromatic rings. The second-order valence-electron chi connectivity index (χ2n) is 6.49. The normalized spacial score (nSPS) is 27.0. The van der Waals surface area contributed by atoms with Crippen LogP contribution in [0, 0.1) is 17.2 Å². The van der Waals surface area contributed by atoms with Gasteiger partial charge in [0.25, 0.3) is 0 Å². The highest BCUT2D eigenvalue weighted by molar-refractivity contribution is 5.79. The summed E-state index contributed by atoms with van der Waals surface area (Å²) in [6.07, 6.45) is 1.54. The van der Waals surface area contributed by atoms with Crippen molar-refractivity contribution in [1.82, 2.24) is 4.90 Å². The summed E-state index contributed by atoms with van der Waals surface area (Å²) >= 11 is 0. The maximum atomic E-state index is 12.2. The molecule has 3 rings (SSSR count). The van der Waals surface area contributed by atoms with Gasteiger partial charge in [-0.2, -0.15) is 5.26 Å². The molecule has 2 aliphatic heterocycles. The van der Waals surface area contributed by atoms with E-state index in [1.54, 1.807) is 6.07 Å². The van der Waals surface area contributed by atoms with Gasteiger partial charge in [-0.1, -0.05) is 6.92 Å². The van der Waals surface area contributed by atoms with Crippen molar-refractivity contribution < 1.29 is 9.53 Å². The molecule has 110 valence electrons. The molecular weight excluding hydrogens is 264 g/mol. The fraction of sp³-hybridized carbons (Fsp3) is 0.529. The van der Waals surface area contributed by atoms with Crippen molar-refractivity contribution in [3.63, 3.8) is 0 Å². The van der Waals surface area contributed by atoms with E-state index < -0.39 is 0 Å². The summed E-state index contributed by atoms with van der Waals surface area (Å²) < 4.78 is 6.11. The van der Waals surface area contributed by atoms with Gasteiger partial charge in [-0.25, -0.2) is 0 Å². The number of fused-ring (bicyclic) bond motifs is 1. The highest BCUT2D eigenvalue weighted by Gasteiger charge is 2.45. The van der Waals surface area contributed by atoms with Crippen LogP contribution in [0.15, 0.2) is 18.2 Å². The van der Waals surface area contributed by atoms with E-state index in [1.807, 2.05) is 17.0 Å². The average Bonchev–Trinajstić information content (AvgIpc) is 2.86. The number of ether oxygens (including phenoxy) is 1. The minimum atomic E-state index is -0.339. The molecule has 0 radical (unpaired) electrons. The smallest absolute Gasteiger partial charge is 0.223 e. The van der Waals surface area contributed by atoms with Crippen LogP contribution in [0.4, 0.5) is 0 Å². The van der Waals surface area contributed by atoms with E-state index >= 15 is 0 Å². The van der Waals surface area contributed by atoms with Crippen molar-refractivity contribution in [2.75, 3.05) is 6.54 Å². The Morgan fingerprint density at radius 2 is 2.19 bits per heavy atom. The van der Waals surface area contributed by atoms with E-state index in [1.165, 1.54) is 0 Å². The number of benzene rings is 1. The molecule has 2 aliphatic rings. The highest BCUT2D eigenvalue weighted by atomic mass is 16.5. The summed E-state index contributed by atoms with van der Waals surface area (Å²) in [5.74, 6) is 1.17. The standard InChI is InChI=1S/C17H20N2O2/c1-11-16(19-8-4-5-15(19)20)13-9-12(10-18)6-7-14(13)21-17(11,2)3/h6-7,9,11,16H,4-5,8H2,1-3H3/t11-,16-/m1/s1. The number of hydrogen-bond acceptors (Lipinski definition) is 3. The Kier molecular flexibility index (Phi) is 3.16. The quantitative estimate of drug-likeness (QED) is 0.796. The number of hydrogen-bond donors (Lipinski definition) is 0. The van der Waals surface area contributed by atoms with Gasteiger partial charge in [0, 0.05) is 24.4 Å². The van der Waals surface area contributed by atoms with Crippen molar-refractivity contribution in [2.24, 2.45) is 5.92 Å². The Morgan fingerprint density at radius 3 is 2.81 bits per heavy atom. The lowest BCUT2D eigenvalue weighted by molar-refractivity contribution is -0.133. The number of nitrogens with zero attached hydrogens (tertiary/aromatic N) is 2. The zero-order chi connectivity index (χ0) is 15.2. The zero-order valence-corrected chi connectivity index (χ0v) is 12.7. The predicted octanol–water partition coefficient (Wildman–Crippen LogP) is 3.03. The minimum absolute atomic E-state index is 0.00736. The number of carbonyl (C=O) groups excluding carboxylic acids is 1. The summed E-state index contributed by atoms with van der Waals surface area (Å²) in [4.78, 5) is 14.2. The highest BCUT2D eigenvalue weighted by Crippen LogP contribution is 2.47. The number of rotatable bonds is 1. The molecule has 0 aromatic heterocycles. The van der Waals surface area contributed by atoms with Gasteiger partial charge >= 0.3 is 0 Å². The number of amides is 1. The second-order valence-corrected chi connectivity index (χ2v) is 6.49. The third-order valence-corrected chi connectivity index (χ3v) is 4.85. The summed E-state index contributed by atoms with van der Waals surface area (Å²) in [6.45, 7) is 7.04. The summed E-state index contributed by atoms with van der Waals surface area (Å²) in [7, 11) is 0. The largest absolute Gasteiger partial charge is 0.487 e. The van der Waals surface area contributed by atoms with Gasteiger partial charge in [0.15, 0.2) is 0 Å². The summed E-state index contributed by atoms with van der Waals surface area (Å²) in [6, 6.07) is 7.67. The van der Waals surface area contributed by atoms with Crippen LogP contribution >= 0.6 is 0 Å². The molecule has 1 amide bonds. The molecule has 0 unspecified atom stereocenters. The van der Waals surface area contributed by atoms with Crippen LogP contribution in [-0.2, 0) is 4.79 Å². The van der Waals surface area contributed by atoms with Crippen molar-refractivity contribution in [3.8, 4) is 11.8 Å². The summed E-state index contributed by atoms with van der Waals surface area (Å²) in [5.41, 5.74) is 1.24. The van der Waals surface area contributed by atoms with Crippen LogP contribution in [0.1, 0.15) is 50.8 Å². The average molecular weight is 284 g/mol. The van der Waals surface area contributed by atoms with Gasteiger partial charge in [0.2, 0.25) is 5.91 Å². The number of nitriles is 1. The predicted molar refractivity (Wildman–Crippen MR) is 78.7 cm³/mol. The van der Waals surface area contributed by atoms with Crippen molar-refractivity contribution in [3.05, 3.63) is 29.3 Å². The first kappa shape index (κ1) is 13.9. The minimum Gasteiger partial charge on any atom is -0.487 e. The summed E-state index contributed by atoms with van der Waals surface area (Å²) in [5, 5.41) is 9.14. The third kappa shape index (κ3) is 2.17. The second kappa shape index (κ2) is 4.77. The fourth-order valence-corrected chi connectivity index (χ4v) is 3.37. The maximum Gasteiger partial charge on any atom is 0.223 e. The first-order chi connectivity index (χ1) is 9.94. The van der Waals surface area contributed by atoms with E-state index in [2.05, 4.69) is 26.8 Å². The van der Waals surface area contributed by atoms with E-state index in [0.29, 0.717) is 12.0 Å². The third-order valence-electron chi connectivity index (χ3n) is 4.85. The maximum absolute atomic E-state index is 12.2. The Hall–Kier alpha value is -2.02. The van der Waals surface area contributed by atoms with Crippen LogP contribution < -0.4 is 4.74 Å². The van der Waals surface area contributed by atoms with Crippen molar-refractivity contribution in [1.29, 1.82) is 5.26 Å². The lowest BCUT2D eigenvalue weighted by Crippen LogP contribution is -2.48.